The Morgan fingerprint density at radius 2 is 1.83 bits per heavy atom. The Bertz CT molecular complexity index is 1230. The molecule has 35 heavy (non-hydrogen) atoms. The zero-order valence-corrected chi connectivity index (χ0v) is 19.9. The Hall–Kier alpha value is -3.94. The average Bonchev–Trinajstić information content (AvgIpc) is 3.47. The quantitative estimate of drug-likeness (QED) is 0.471. The summed E-state index contributed by atoms with van der Waals surface area (Å²) in [5, 5.41) is 4.23. The Kier molecular flexibility index (Phi) is 5.88. The molecule has 1 saturated carbocycles. The number of carbonyl (C=O) groups excluding carboxylic acids is 3. The van der Waals surface area contributed by atoms with E-state index < -0.39 is 5.41 Å². The summed E-state index contributed by atoms with van der Waals surface area (Å²) in [6.45, 7) is 0.394. The molecule has 0 bridgehead atoms. The Morgan fingerprint density at radius 3 is 2.43 bits per heavy atom. The highest BCUT2D eigenvalue weighted by molar-refractivity contribution is 6.11. The van der Waals surface area contributed by atoms with Crippen LogP contribution in [-0.4, -0.2) is 57.5 Å². The number of likely N-dealkylation sites (tertiary alicyclic amines) is 1. The van der Waals surface area contributed by atoms with Crippen LogP contribution in [0.2, 0.25) is 0 Å². The predicted octanol–water partition coefficient (Wildman–Crippen LogP) is 3.09. The summed E-state index contributed by atoms with van der Waals surface area (Å²) in [6.07, 6.45) is 5.20. The summed E-state index contributed by atoms with van der Waals surface area (Å²) in [7, 11) is 3.30. The van der Waals surface area contributed by atoms with Crippen molar-refractivity contribution in [3.05, 3.63) is 78.1 Å². The number of amides is 3. The van der Waals surface area contributed by atoms with Crippen molar-refractivity contribution in [3.8, 4) is 11.4 Å². The SMILES string of the molecule is COc1ccc(C2(CC(=O)N(C)Cc3ccc(-n4cccn4)cc3)CC(=O)N(C3CC3)C2=O)cc1. The third-order valence-corrected chi connectivity index (χ3v) is 6.91. The second kappa shape index (κ2) is 9.02. The fourth-order valence-electron chi connectivity index (χ4n) is 4.77. The lowest BCUT2D eigenvalue weighted by Gasteiger charge is -2.29. The van der Waals surface area contributed by atoms with E-state index in [1.165, 1.54) is 4.90 Å². The first kappa shape index (κ1) is 22.8. The van der Waals surface area contributed by atoms with E-state index in [2.05, 4.69) is 5.10 Å². The van der Waals surface area contributed by atoms with Gasteiger partial charge in [0.15, 0.2) is 0 Å². The number of hydrogen-bond acceptors (Lipinski definition) is 5. The van der Waals surface area contributed by atoms with Gasteiger partial charge in [-0.3, -0.25) is 19.3 Å². The Balaban J connectivity index is 1.36. The summed E-state index contributed by atoms with van der Waals surface area (Å²) >= 11 is 0. The lowest BCUT2D eigenvalue weighted by Crippen LogP contribution is -2.43. The first-order chi connectivity index (χ1) is 16.9. The van der Waals surface area contributed by atoms with E-state index in [9.17, 15) is 14.4 Å². The van der Waals surface area contributed by atoms with Gasteiger partial charge in [0.05, 0.1) is 18.2 Å². The van der Waals surface area contributed by atoms with Gasteiger partial charge in [-0.2, -0.15) is 5.10 Å². The molecule has 1 aromatic heterocycles. The van der Waals surface area contributed by atoms with E-state index in [1.807, 2.05) is 36.5 Å². The van der Waals surface area contributed by atoms with Crippen molar-refractivity contribution in [2.75, 3.05) is 14.2 Å². The molecule has 1 saturated heterocycles. The molecule has 2 heterocycles. The molecule has 2 fully saturated rings. The van der Waals surface area contributed by atoms with Crippen LogP contribution in [-0.2, 0) is 26.3 Å². The minimum Gasteiger partial charge on any atom is -0.497 e. The lowest BCUT2D eigenvalue weighted by atomic mass is 9.75. The monoisotopic (exact) mass is 472 g/mol. The van der Waals surface area contributed by atoms with E-state index in [0.717, 1.165) is 24.1 Å². The maximum atomic E-state index is 13.6. The minimum absolute atomic E-state index is 0.00676. The van der Waals surface area contributed by atoms with Crippen LogP contribution in [0.3, 0.4) is 0 Å². The summed E-state index contributed by atoms with van der Waals surface area (Å²) in [6, 6.07) is 16.8. The van der Waals surface area contributed by atoms with Crippen LogP contribution < -0.4 is 4.74 Å². The van der Waals surface area contributed by atoms with Crippen molar-refractivity contribution >= 4 is 17.7 Å². The van der Waals surface area contributed by atoms with Gasteiger partial charge in [0.1, 0.15) is 5.75 Å². The fourth-order valence-corrected chi connectivity index (χ4v) is 4.77. The molecular formula is C27H28N4O4. The Labute approximate surface area is 204 Å². The third kappa shape index (κ3) is 4.32. The second-order valence-corrected chi connectivity index (χ2v) is 9.33. The van der Waals surface area contributed by atoms with Gasteiger partial charge in [0.2, 0.25) is 17.7 Å². The maximum absolute atomic E-state index is 13.6. The van der Waals surface area contributed by atoms with Gasteiger partial charge in [-0.05, 0) is 54.3 Å². The van der Waals surface area contributed by atoms with Crippen LogP contribution >= 0.6 is 0 Å². The van der Waals surface area contributed by atoms with Crippen molar-refractivity contribution in [3.63, 3.8) is 0 Å². The molecule has 1 aliphatic heterocycles. The highest BCUT2D eigenvalue weighted by atomic mass is 16.5. The van der Waals surface area contributed by atoms with E-state index in [-0.39, 0.29) is 36.6 Å². The molecule has 180 valence electrons. The van der Waals surface area contributed by atoms with Crippen molar-refractivity contribution in [2.45, 2.75) is 43.7 Å². The summed E-state index contributed by atoms with van der Waals surface area (Å²) in [4.78, 5) is 43.0. The number of aromatic nitrogens is 2. The van der Waals surface area contributed by atoms with Gasteiger partial charge in [0.25, 0.3) is 0 Å². The van der Waals surface area contributed by atoms with Crippen molar-refractivity contribution in [1.82, 2.24) is 19.6 Å². The summed E-state index contributed by atoms with van der Waals surface area (Å²) in [5.41, 5.74) is 1.37. The molecule has 0 N–H and O–H groups in total. The highest BCUT2D eigenvalue weighted by Crippen LogP contribution is 2.44. The molecule has 3 aromatic rings. The van der Waals surface area contributed by atoms with E-state index in [4.69, 9.17) is 4.74 Å². The number of rotatable bonds is 8. The van der Waals surface area contributed by atoms with Crippen LogP contribution in [0.25, 0.3) is 5.69 Å². The Morgan fingerprint density at radius 1 is 1.11 bits per heavy atom. The molecular weight excluding hydrogens is 444 g/mol. The van der Waals surface area contributed by atoms with Crippen LogP contribution in [0, 0.1) is 0 Å². The van der Waals surface area contributed by atoms with Gasteiger partial charge in [-0.25, -0.2) is 4.68 Å². The van der Waals surface area contributed by atoms with Crippen LogP contribution in [0.15, 0.2) is 67.0 Å². The smallest absolute Gasteiger partial charge is 0.241 e. The number of hydrogen-bond donors (Lipinski definition) is 0. The van der Waals surface area contributed by atoms with Gasteiger partial charge < -0.3 is 9.64 Å². The van der Waals surface area contributed by atoms with Gasteiger partial charge >= 0.3 is 0 Å². The third-order valence-electron chi connectivity index (χ3n) is 6.91. The molecule has 8 heteroatoms. The zero-order valence-electron chi connectivity index (χ0n) is 19.9. The molecule has 1 aliphatic carbocycles. The molecule has 1 atom stereocenters. The highest BCUT2D eigenvalue weighted by Gasteiger charge is 2.57. The number of ether oxygens (including phenoxy) is 1. The number of methoxy groups -OCH3 is 1. The first-order valence-corrected chi connectivity index (χ1v) is 11.8. The largest absolute Gasteiger partial charge is 0.497 e. The van der Waals surface area contributed by atoms with Crippen molar-refractivity contribution < 1.29 is 19.1 Å². The van der Waals surface area contributed by atoms with Crippen molar-refractivity contribution in [2.24, 2.45) is 0 Å². The molecule has 2 aliphatic rings. The predicted molar refractivity (Wildman–Crippen MR) is 129 cm³/mol. The number of carbonyl (C=O) groups is 3. The molecule has 8 nitrogen and oxygen atoms in total. The molecule has 3 amide bonds. The second-order valence-electron chi connectivity index (χ2n) is 9.33. The number of nitrogens with zero attached hydrogens (tertiary/aromatic N) is 4. The number of imide groups is 1. The molecule has 5 rings (SSSR count). The van der Waals surface area contributed by atoms with Crippen LogP contribution in [0.4, 0.5) is 0 Å². The standard InChI is InChI=1S/C27H28N4O4/c1-29(18-19-4-8-21(9-5-19)30-15-3-14-28-30)24(32)16-27(20-6-12-23(35-2)13-7-20)17-25(33)31(26(27)34)22-10-11-22/h3-9,12-15,22H,10-11,16-18H2,1-2H3. The molecule has 0 spiro atoms. The fraction of sp³-hybridized carbons (Fsp3) is 0.333. The van der Waals surface area contributed by atoms with Gasteiger partial charge in [0, 0.05) is 44.9 Å². The van der Waals surface area contributed by atoms with Gasteiger partial charge in [-0.15, -0.1) is 0 Å². The average molecular weight is 473 g/mol. The topological polar surface area (TPSA) is 84.7 Å². The number of benzene rings is 2. The normalized spacial score (nSPS) is 19.8. The van der Waals surface area contributed by atoms with E-state index in [0.29, 0.717) is 17.9 Å². The lowest BCUT2D eigenvalue weighted by molar-refractivity contribution is -0.143. The van der Waals surface area contributed by atoms with E-state index >= 15 is 0 Å². The maximum Gasteiger partial charge on any atom is 0.241 e. The van der Waals surface area contributed by atoms with Crippen LogP contribution in [0.1, 0.15) is 36.8 Å². The molecule has 0 radical (unpaired) electrons. The van der Waals surface area contributed by atoms with Gasteiger partial charge in [-0.1, -0.05) is 24.3 Å². The minimum atomic E-state index is -1.19. The summed E-state index contributed by atoms with van der Waals surface area (Å²) in [5.74, 6) is 0.0102. The molecule has 1 unspecified atom stereocenters. The summed E-state index contributed by atoms with van der Waals surface area (Å²) < 4.78 is 7.03. The van der Waals surface area contributed by atoms with Crippen molar-refractivity contribution in [1.29, 1.82) is 0 Å². The first-order valence-electron chi connectivity index (χ1n) is 11.8. The van der Waals surface area contributed by atoms with E-state index in [1.54, 1.807) is 54.2 Å². The van der Waals surface area contributed by atoms with Crippen LogP contribution in [0.5, 0.6) is 5.75 Å². The zero-order chi connectivity index (χ0) is 24.6. The molecule has 2 aromatic carbocycles.